The van der Waals surface area contributed by atoms with Crippen LogP contribution in [-0.2, 0) is 4.79 Å². The number of carbonyl (C=O) groups is 3. The molecule has 0 aliphatic carbocycles. The summed E-state index contributed by atoms with van der Waals surface area (Å²) < 4.78 is 0. The van der Waals surface area contributed by atoms with Gasteiger partial charge in [0.25, 0.3) is 5.91 Å². The van der Waals surface area contributed by atoms with E-state index in [1.165, 1.54) is 12.1 Å². The van der Waals surface area contributed by atoms with Crippen LogP contribution in [0.5, 0.6) is 0 Å². The van der Waals surface area contributed by atoms with Crippen molar-refractivity contribution in [2.24, 2.45) is 0 Å². The van der Waals surface area contributed by atoms with Crippen molar-refractivity contribution in [1.29, 1.82) is 0 Å². The van der Waals surface area contributed by atoms with E-state index in [1.807, 2.05) is 0 Å². The first-order valence-corrected chi connectivity index (χ1v) is 7.85. The van der Waals surface area contributed by atoms with Gasteiger partial charge in [-0.3, -0.25) is 25.2 Å². The molecule has 0 aliphatic heterocycles. The molecule has 0 bridgehead atoms. The Bertz CT molecular complexity index is 680. The van der Waals surface area contributed by atoms with Gasteiger partial charge < -0.3 is 0 Å². The Morgan fingerprint density at radius 1 is 0.708 bits per heavy atom. The van der Waals surface area contributed by atoms with E-state index >= 15 is 0 Å². The van der Waals surface area contributed by atoms with Gasteiger partial charge in [-0.15, -0.1) is 0 Å². The topological polar surface area (TPSA) is 75.3 Å². The van der Waals surface area contributed by atoms with E-state index in [0.29, 0.717) is 21.2 Å². The van der Waals surface area contributed by atoms with E-state index < -0.39 is 11.8 Å². The monoisotopic (exact) mass is 364 g/mol. The van der Waals surface area contributed by atoms with Crippen LogP contribution in [0, 0.1) is 0 Å². The fraction of sp³-hybridized carbons (Fsp3) is 0.118. The largest absolute Gasteiger partial charge is 0.294 e. The van der Waals surface area contributed by atoms with Crippen molar-refractivity contribution in [2.75, 3.05) is 0 Å². The summed E-state index contributed by atoms with van der Waals surface area (Å²) in [7, 11) is 0. The summed E-state index contributed by atoms with van der Waals surface area (Å²) in [6, 6.07) is 12.6. The molecular weight excluding hydrogens is 351 g/mol. The third-order valence-electron chi connectivity index (χ3n) is 3.17. The van der Waals surface area contributed by atoms with E-state index in [1.54, 1.807) is 36.4 Å². The maximum atomic E-state index is 11.9. The quantitative estimate of drug-likeness (QED) is 0.630. The fourth-order valence-corrected chi connectivity index (χ4v) is 2.12. The van der Waals surface area contributed by atoms with Gasteiger partial charge in [-0.05, 0) is 48.5 Å². The van der Waals surface area contributed by atoms with Crippen molar-refractivity contribution in [3.8, 4) is 0 Å². The Kier molecular flexibility index (Phi) is 6.35. The maximum Gasteiger partial charge on any atom is 0.269 e. The average molecular weight is 365 g/mol. The molecule has 0 saturated heterocycles. The smallest absolute Gasteiger partial charge is 0.269 e. The molecule has 24 heavy (non-hydrogen) atoms. The van der Waals surface area contributed by atoms with Gasteiger partial charge in [-0.1, -0.05) is 23.2 Å². The van der Waals surface area contributed by atoms with Crippen LogP contribution in [-0.4, -0.2) is 17.6 Å². The second-order valence-electron chi connectivity index (χ2n) is 4.94. The number of Topliss-reactive ketones (excluding diaryl/α,β-unsaturated/α-hetero) is 1. The normalized spacial score (nSPS) is 10.1. The lowest BCUT2D eigenvalue weighted by Crippen LogP contribution is -2.41. The number of amides is 2. The first-order valence-electron chi connectivity index (χ1n) is 7.09. The molecule has 2 N–H and O–H groups in total. The molecule has 7 heteroatoms. The van der Waals surface area contributed by atoms with Crippen LogP contribution < -0.4 is 10.9 Å². The lowest BCUT2D eigenvalue weighted by atomic mass is 10.1. The van der Waals surface area contributed by atoms with Crippen molar-refractivity contribution >= 4 is 40.8 Å². The summed E-state index contributed by atoms with van der Waals surface area (Å²) >= 11 is 11.5. The molecule has 0 spiro atoms. The zero-order valence-corrected chi connectivity index (χ0v) is 14.0. The lowest BCUT2D eigenvalue weighted by molar-refractivity contribution is -0.121. The van der Waals surface area contributed by atoms with Crippen molar-refractivity contribution in [1.82, 2.24) is 10.9 Å². The number of carbonyl (C=O) groups excluding carboxylic acids is 3. The molecule has 124 valence electrons. The highest BCUT2D eigenvalue weighted by Crippen LogP contribution is 2.12. The van der Waals surface area contributed by atoms with Gasteiger partial charge in [0.2, 0.25) is 5.91 Å². The Hall–Kier alpha value is -2.37. The SMILES string of the molecule is O=C(CCC(=O)c1ccc(Cl)cc1)NNC(=O)c1ccc(Cl)cc1. The Labute approximate surface area is 148 Å². The predicted octanol–water partition coefficient (Wildman–Crippen LogP) is 3.42. The van der Waals surface area contributed by atoms with Crippen molar-refractivity contribution in [3.63, 3.8) is 0 Å². The van der Waals surface area contributed by atoms with E-state index in [9.17, 15) is 14.4 Å². The lowest BCUT2D eigenvalue weighted by Gasteiger charge is -2.07. The molecule has 0 fully saturated rings. The number of rotatable bonds is 5. The highest BCUT2D eigenvalue weighted by atomic mass is 35.5. The molecule has 0 aliphatic rings. The highest BCUT2D eigenvalue weighted by molar-refractivity contribution is 6.31. The molecule has 2 aromatic rings. The number of nitrogens with one attached hydrogen (secondary N) is 2. The van der Waals surface area contributed by atoms with Gasteiger partial charge >= 0.3 is 0 Å². The van der Waals surface area contributed by atoms with Crippen LogP contribution in [0.2, 0.25) is 10.0 Å². The van der Waals surface area contributed by atoms with Crippen LogP contribution in [0.25, 0.3) is 0 Å². The molecule has 0 radical (unpaired) electrons. The first kappa shape index (κ1) is 18.0. The van der Waals surface area contributed by atoms with Gasteiger partial charge in [0.15, 0.2) is 5.78 Å². The summed E-state index contributed by atoms with van der Waals surface area (Å²) in [6.45, 7) is 0. The summed E-state index contributed by atoms with van der Waals surface area (Å²) in [5, 5.41) is 1.05. The van der Waals surface area contributed by atoms with Gasteiger partial charge in [-0.25, -0.2) is 0 Å². The summed E-state index contributed by atoms with van der Waals surface area (Å²) in [4.78, 5) is 35.4. The molecule has 5 nitrogen and oxygen atoms in total. The standard InChI is InChI=1S/C17H14Cl2N2O3/c18-13-5-1-11(2-6-13)15(22)9-10-16(23)20-21-17(24)12-3-7-14(19)8-4-12/h1-8H,9-10H2,(H,20,23)(H,21,24). The van der Waals surface area contributed by atoms with E-state index in [4.69, 9.17) is 23.2 Å². The Morgan fingerprint density at radius 3 is 1.75 bits per heavy atom. The van der Waals surface area contributed by atoms with Crippen molar-refractivity contribution < 1.29 is 14.4 Å². The van der Waals surface area contributed by atoms with Crippen LogP contribution in [0.15, 0.2) is 48.5 Å². The molecular formula is C17H14Cl2N2O3. The molecule has 0 atom stereocenters. The van der Waals surface area contributed by atoms with Crippen LogP contribution in [0.4, 0.5) is 0 Å². The molecule has 0 unspecified atom stereocenters. The second kappa shape index (κ2) is 8.47. The Balaban J connectivity index is 1.77. The summed E-state index contributed by atoms with van der Waals surface area (Å²) in [5.41, 5.74) is 5.39. The molecule has 0 saturated carbocycles. The summed E-state index contributed by atoms with van der Waals surface area (Å²) in [5.74, 6) is -1.10. The molecule has 0 aromatic heterocycles. The number of ketones is 1. The maximum absolute atomic E-state index is 11.9. The third kappa shape index (κ3) is 5.37. The van der Waals surface area contributed by atoms with Gasteiger partial charge in [0.1, 0.15) is 0 Å². The zero-order valence-electron chi connectivity index (χ0n) is 12.5. The molecule has 2 aromatic carbocycles. The molecule has 2 amide bonds. The van der Waals surface area contributed by atoms with E-state index in [-0.39, 0.29) is 18.6 Å². The minimum absolute atomic E-state index is 0.0320. The van der Waals surface area contributed by atoms with Crippen LogP contribution in [0.3, 0.4) is 0 Å². The number of benzene rings is 2. The van der Waals surface area contributed by atoms with E-state index in [2.05, 4.69) is 10.9 Å². The van der Waals surface area contributed by atoms with Crippen molar-refractivity contribution in [3.05, 3.63) is 69.7 Å². The fourth-order valence-electron chi connectivity index (χ4n) is 1.87. The number of hydrogen-bond donors (Lipinski definition) is 2. The van der Waals surface area contributed by atoms with Gasteiger partial charge in [0, 0.05) is 34.0 Å². The van der Waals surface area contributed by atoms with Gasteiger partial charge in [0.05, 0.1) is 0 Å². The number of halogens is 2. The second-order valence-corrected chi connectivity index (χ2v) is 5.81. The minimum Gasteiger partial charge on any atom is -0.294 e. The van der Waals surface area contributed by atoms with Crippen LogP contribution in [0.1, 0.15) is 33.6 Å². The first-order chi connectivity index (χ1) is 11.5. The number of hydrazine groups is 1. The predicted molar refractivity (Wildman–Crippen MR) is 92.1 cm³/mol. The highest BCUT2D eigenvalue weighted by Gasteiger charge is 2.11. The van der Waals surface area contributed by atoms with Crippen molar-refractivity contribution in [2.45, 2.75) is 12.8 Å². The van der Waals surface area contributed by atoms with Crippen LogP contribution >= 0.6 is 23.2 Å². The van der Waals surface area contributed by atoms with Gasteiger partial charge in [-0.2, -0.15) is 0 Å². The third-order valence-corrected chi connectivity index (χ3v) is 3.67. The minimum atomic E-state index is -0.468. The average Bonchev–Trinajstić information content (AvgIpc) is 2.58. The van der Waals surface area contributed by atoms with E-state index in [0.717, 1.165) is 0 Å². The Morgan fingerprint density at radius 2 is 1.21 bits per heavy atom. The molecule has 0 heterocycles. The summed E-state index contributed by atoms with van der Waals surface area (Å²) in [6.07, 6.45) is -0.00730. The number of hydrogen-bond acceptors (Lipinski definition) is 3. The molecule has 2 rings (SSSR count). The zero-order chi connectivity index (χ0) is 17.5.